The zero-order valence-corrected chi connectivity index (χ0v) is 15.4. The van der Waals surface area contributed by atoms with Crippen LogP contribution >= 0.6 is 0 Å². The summed E-state index contributed by atoms with van der Waals surface area (Å²) in [4.78, 5) is 22.2. The van der Waals surface area contributed by atoms with E-state index in [9.17, 15) is 4.79 Å². The van der Waals surface area contributed by atoms with Crippen LogP contribution in [-0.2, 0) is 6.54 Å². The van der Waals surface area contributed by atoms with Gasteiger partial charge in [-0.2, -0.15) is 5.10 Å². The summed E-state index contributed by atoms with van der Waals surface area (Å²) in [6.45, 7) is 3.23. The van der Waals surface area contributed by atoms with Gasteiger partial charge in [0.25, 0.3) is 0 Å². The van der Waals surface area contributed by atoms with E-state index < -0.39 is 0 Å². The number of urea groups is 1. The first-order valence-corrected chi connectivity index (χ1v) is 8.61. The smallest absolute Gasteiger partial charge is 0.317 e. The summed E-state index contributed by atoms with van der Waals surface area (Å²) < 4.78 is 7.31. The number of ether oxygens (including phenoxy) is 1. The maximum absolute atomic E-state index is 12.3. The number of rotatable bonds is 7. The van der Waals surface area contributed by atoms with Gasteiger partial charge in [0.15, 0.2) is 5.82 Å². The molecule has 2 amide bonds. The van der Waals surface area contributed by atoms with Crippen LogP contribution in [0.3, 0.4) is 0 Å². The van der Waals surface area contributed by atoms with Crippen molar-refractivity contribution in [3.8, 4) is 11.6 Å². The monoisotopic (exact) mass is 366 g/mol. The van der Waals surface area contributed by atoms with Crippen LogP contribution in [0.1, 0.15) is 11.1 Å². The Morgan fingerprint density at radius 3 is 2.89 bits per heavy atom. The number of hydrogen-bond acceptors (Lipinski definition) is 5. The van der Waals surface area contributed by atoms with E-state index >= 15 is 0 Å². The molecule has 3 rings (SSSR count). The normalized spacial score (nSPS) is 10.4. The number of carbonyl (C=O) groups is 1. The van der Waals surface area contributed by atoms with Crippen LogP contribution in [0.5, 0.6) is 5.75 Å². The van der Waals surface area contributed by atoms with Crippen LogP contribution in [0.4, 0.5) is 4.79 Å². The number of para-hydroxylation sites is 1. The van der Waals surface area contributed by atoms with Crippen molar-refractivity contribution < 1.29 is 9.53 Å². The number of amides is 2. The molecule has 2 heterocycles. The number of pyridine rings is 1. The molecule has 0 spiro atoms. The number of nitrogens with zero attached hydrogens (tertiary/aromatic N) is 5. The van der Waals surface area contributed by atoms with Crippen molar-refractivity contribution >= 4 is 6.03 Å². The molecule has 0 unspecified atom stereocenters. The summed E-state index contributed by atoms with van der Waals surface area (Å²) in [6, 6.07) is 11.3. The molecule has 0 aliphatic carbocycles. The fourth-order valence-electron chi connectivity index (χ4n) is 2.51. The number of nitrogens with one attached hydrogen (secondary N) is 1. The van der Waals surface area contributed by atoms with Gasteiger partial charge in [-0.15, -0.1) is 0 Å². The molecule has 27 heavy (non-hydrogen) atoms. The third-order valence-electron chi connectivity index (χ3n) is 4.06. The zero-order chi connectivity index (χ0) is 19.1. The Bertz CT molecular complexity index is 881. The lowest BCUT2D eigenvalue weighted by Gasteiger charge is -2.19. The summed E-state index contributed by atoms with van der Waals surface area (Å²) in [5.41, 5.74) is 1.92. The predicted molar refractivity (Wildman–Crippen MR) is 101 cm³/mol. The molecule has 0 aliphatic heterocycles. The second kappa shape index (κ2) is 8.79. The lowest BCUT2D eigenvalue weighted by Crippen LogP contribution is -2.39. The van der Waals surface area contributed by atoms with Crippen molar-refractivity contribution in [1.82, 2.24) is 30.0 Å². The third-order valence-corrected chi connectivity index (χ3v) is 4.06. The molecule has 0 saturated heterocycles. The molecule has 8 nitrogen and oxygen atoms in total. The van der Waals surface area contributed by atoms with Crippen molar-refractivity contribution in [3.63, 3.8) is 0 Å². The number of aryl methyl sites for hydroxylation is 1. The van der Waals surface area contributed by atoms with Crippen molar-refractivity contribution in [2.24, 2.45) is 0 Å². The summed E-state index contributed by atoms with van der Waals surface area (Å²) in [5.74, 6) is 1.47. The van der Waals surface area contributed by atoms with Gasteiger partial charge in [-0.1, -0.05) is 24.3 Å². The van der Waals surface area contributed by atoms with Gasteiger partial charge < -0.3 is 15.0 Å². The first-order chi connectivity index (χ1) is 13.1. The molecular formula is C19H22N6O2. The molecule has 0 bridgehead atoms. The minimum absolute atomic E-state index is 0.184. The molecule has 1 N–H and O–H groups in total. The third kappa shape index (κ3) is 4.81. The quantitative estimate of drug-likeness (QED) is 0.693. The van der Waals surface area contributed by atoms with E-state index in [0.29, 0.717) is 25.5 Å². The molecule has 2 aromatic heterocycles. The van der Waals surface area contributed by atoms with Crippen LogP contribution in [-0.4, -0.2) is 50.9 Å². The van der Waals surface area contributed by atoms with Crippen LogP contribution < -0.4 is 10.1 Å². The molecule has 1 aromatic carbocycles. The van der Waals surface area contributed by atoms with Crippen molar-refractivity contribution in [3.05, 3.63) is 66.4 Å². The summed E-state index contributed by atoms with van der Waals surface area (Å²) in [5, 5.41) is 6.98. The SMILES string of the molecule is Cc1ccccc1OCCN(C)C(=O)NCc1cccnc1-n1cncn1. The van der Waals surface area contributed by atoms with E-state index in [1.807, 2.05) is 43.3 Å². The second-order valence-corrected chi connectivity index (χ2v) is 6.02. The minimum Gasteiger partial charge on any atom is -0.491 e. The van der Waals surface area contributed by atoms with Gasteiger partial charge in [-0.3, -0.25) is 0 Å². The van der Waals surface area contributed by atoms with Gasteiger partial charge >= 0.3 is 6.03 Å². The van der Waals surface area contributed by atoms with Crippen LogP contribution in [0, 0.1) is 6.92 Å². The standard InChI is InChI=1S/C19H22N6O2/c1-15-6-3-4-8-17(15)27-11-10-24(2)19(26)22-12-16-7-5-9-21-18(16)25-14-20-13-23-25/h3-9,13-14H,10-12H2,1-2H3,(H,22,26). The Kier molecular flexibility index (Phi) is 5.98. The molecule has 0 aliphatic rings. The maximum atomic E-state index is 12.3. The van der Waals surface area contributed by atoms with E-state index in [-0.39, 0.29) is 6.03 Å². The molecular weight excluding hydrogens is 344 g/mol. The van der Waals surface area contributed by atoms with E-state index in [4.69, 9.17) is 4.74 Å². The fraction of sp³-hybridized carbons (Fsp3) is 0.263. The Labute approximate surface area is 157 Å². The van der Waals surface area contributed by atoms with E-state index in [1.54, 1.807) is 29.2 Å². The summed E-state index contributed by atoms with van der Waals surface area (Å²) in [7, 11) is 1.73. The molecule has 140 valence electrons. The highest BCUT2D eigenvalue weighted by Crippen LogP contribution is 2.15. The Balaban J connectivity index is 1.50. The average Bonchev–Trinajstić information content (AvgIpc) is 3.22. The van der Waals surface area contributed by atoms with Gasteiger partial charge in [0.2, 0.25) is 0 Å². The highest BCUT2D eigenvalue weighted by atomic mass is 16.5. The first-order valence-electron chi connectivity index (χ1n) is 8.61. The van der Waals surface area contributed by atoms with Gasteiger partial charge in [0.05, 0.1) is 6.54 Å². The van der Waals surface area contributed by atoms with Gasteiger partial charge in [0.1, 0.15) is 25.0 Å². The maximum Gasteiger partial charge on any atom is 0.317 e. The lowest BCUT2D eigenvalue weighted by molar-refractivity contribution is 0.195. The summed E-state index contributed by atoms with van der Waals surface area (Å²) >= 11 is 0. The minimum atomic E-state index is -0.184. The molecule has 3 aromatic rings. The number of benzene rings is 1. The van der Waals surface area contributed by atoms with Crippen molar-refractivity contribution in [2.45, 2.75) is 13.5 Å². The topological polar surface area (TPSA) is 85.2 Å². The average molecular weight is 366 g/mol. The Hall–Kier alpha value is -3.42. The van der Waals surface area contributed by atoms with Gasteiger partial charge in [-0.25, -0.2) is 19.4 Å². The Morgan fingerprint density at radius 1 is 1.26 bits per heavy atom. The Morgan fingerprint density at radius 2 is 2.11 bits per heavy atom. The zero-order valence-electron chi connectivity index (χ0n) is 15.4. The predicted octanol–water partition coefficient (Wildman–Crippen LogP) is 2.19. The fourth-order valence-corrected chi connectivity index (χ4v) is 2.51. The number of carbonyl (C=O) groups excluding carboxylic acids is 1. The molecule has 0 saturated carbocycles. The van der Waals surface area contributed by atoms with E-state index in [1.165, 1.54) is 6.33 Å². The van der Waals surface area contributed by atoms with E-state index in [0.717, 1.165) is 16.9 Å². The number of likely N-dealkylation sites (N-methyl/N-ethyl adjacent to an activating group) is 1. The summed E-state index contributed by atoms with van der Waals surface area (Å²) in [6.07, 6.45) is 4.69. The van der Waals surface area contributed by atoms with Crippen LogP contribution in [0.15, 0.2) is 55.2 Å². The number of hydrogen-bond donors (Lipinski definition) is 1. The molecule has 0 radical (unpaired) electrons. The van der Waals surface area contributed by atoms with E-state index in [2.05, 4.69) is 20.4 Å². The van der Waals surface area contributed by atoms with Crippen LogP contribution in [0.2, 0.25) is 0 Å². The molecule has 0 atom stereocenters. The lowest BCUT2D eigenvalue weighted by atomic mass is 10.2. The largest absolute Gasteiger partial charge is 0.491 e. The number of aromatic nitrogens is 4. The van der Waals surface area contributed by atoms with Crippen LogP contribution in [0.25, 0.3) is 5.82 Å². The van der Waals surface area contributed by atoms with Gasteiger partial charge in [0, 0.05) is 25.4 Å². The first kappa shape index (κ1) is 18.4. The highest BCUT2D eigenvalue weighted by molar-refractivity contribution is 5.73. The van der Waals surface area contributed by atoms with Crippen molar-refractivity contribution in [2.75, 3.05) is 20.2 Å². The highest BCUT2D eigenvalue weighted by Gasteiger charge is 2.11. The molecule has 8 heteroatoms. The second-order valence-electron chi connectivity index (χ2n) is 6.02. The molecule has 0 fully saturated rings. The van der Waals surface area contributed by atoms with Crippen molar-refractivity contribution in [1.29, 1.82) is 0 Å². The van der Waals surface area contributed by atoms with Gasteiger partial charge in [-0.05, 0) is 24.6 Å².